The lowest BCUT2D eigenvalue weighted by molar-refractivity contribution is 0.340. The molecule has 0 aliphatic rings. The minimum absolute atomic E-state index is 0.234. The molecule has 0 radical (unpaired) electrons. The molecule has 0 amide bonds. The molecule has 1 nitrogen and oxygen atoms in total. The van der Waals surface area contributed by atoms with Crippen LogP contribution < -0.4 is 4.74 Å². The molecule has 20 heavy (non-hydrogen) atoms. The fourth-order valence-electron chi connectivity index (χ4n) is 1.84. The highest BCUT2D eigenvalue weighted by Gasteiger charge is 2.17. The zero-order chi connectivity index (χ0) is 14.7. The van der Waals surface area contributed by atoms with Crippen molar-refractivity contribution >= 4 is 59.4 Å². The summed E-state index contributed by atoms with van der Waals surface area (Å²) in [5.41, 5.74) is 2.04. The summed E-state index contributed by atoms with van der Waals surface area (Å²) >= 11 is 17.2. The largest absolute Gasteiger partial charge is 0.494 e. The minimum Gasteiger partial charge on any atom is -0.494 e. The van der Waals surface area contributed by atoms with Crippen LogP contribution in [-0.4, -0.2) is 6.61 Å². The van der Waals surface area contributed by atoms with E-state index in [4.69, 9.17) is 16.3 Å². The predicted octanol–water partition coefficient (Wildman–Crippen LogP) is 6.70. The highest BCUT2D eigenvalue weighted by Crippen LogP contribution is 2.39. The molecule has 0 spiro atoms. The molecular weight excluding hydrogens is 471 g/mol. The zero-order valence-corrected chi connectivity index (χ0v) is 16.2. The van der Waals surface area contributed by atoms with E-state index in [2.05, 4.69) is 47.8 Å². The van der Waals surface area contributed by atoms with Crippen molar-refractivity contribution in [2.45, 2.75) is 12.3 Å². The van der Waals surface area contributed by atoms with Crippen molar-refractivity contribution < 1.29 is 4.74 Å². The standard InChI is InChI=1S/C15H12Br3ClO/c1-2-20-10-4-6-12(14(18)8-10)15(19)11-5-3-9(16)7-13(11)17/h3-8,15H,2H2,1H3. The lowest BCUT2D eigenvalue weighted by Gasteiger charge is -2.15. The van der Waals surface area contributed by atoms with Crippen molar-refractivity contribution in [3.05, 3.63) is 60.9 Å². The van der Waals surface area contributed by atoms with Crippen LogP contribution in [-0.2, 0) is 0 Å². The second-order valence-corrected chi connectivity index (χ2v) is 7.21. The smallest absolute Gasteiger partial charge is 0.120 e. The van der Waals surface area contributed by atoms with Gasteiger partial charge in [-0.05, 0) is 42.3 Å². The average Bonchev–Trinajstić information content (AvgIpc) is 2.38. The average molecular weight is 483 g/mol. The van der Waals surface area contributed by atoms with Gasteiger partial charge >= 0.3 is 0 Å². The van der Waals surface area contributed by atoms with Gasteiger partial charge in [0.1, 0.15) is 5.75 Å². The highest BCUT2D eigenvalue weighted by molar-refractivity contribution is 9.11. The normalized spacial score (nSPS) is 12.2. The first-order valence-corrected chi connectivity index (χ1v) is 8.85. The Bertz CT molecular complexity index is 616. The van der Waals surface area contributed by atoms with Crippen molar-refractivity contribution in [2.24, 2.45) is 0 Å². The van der Waals surface area contributed by atoms with Gasteiger partial charge in [0.15, 0.2) is 0 Å². The van der Waals surface area contributed by atoms with E-state index in [1.54, 1.807) is 0 Å². The Kier molecular flexibility index (Phi) is 5.96. The summed E-state index contributed by atoms with van der Waals surface area (Å²) in [6.07, 6.45) is 0. The van der Waals surface area contributed by atoms with Gasteiger partial charge in [-0.15, -0.1) is 11.6 Å². The molecule has 5 heteroatoms. The number of halogens is 4. The molecule has 0 aliphatic heterocycles. The molecule has 2 rings (SSSR count). The Morgan fingerprint density at radius 1 is 1.00 bits per heavy atom. The van der Waals surface area contributed by atoms with Crippen molar-refractivity contribution in [1.82, 2.24) is 0 Å². The minimum atomic E-state index is -0.234. The van der Waals surface area contributed by atoms with E-state index in [-0.39, 0.29) is 5.38 Å². The maximum Gasteiger partial charge on any atom is 0.120 e. The van der Waals surface area contributed by atoms with Crippen LogP contribution >= 0.6 is 59.4 Å². The third kappa shape index (κ3) is 3.79. The Hall–Kier alpha value is -0.0300. The zero-order valence-electron chi connectivity index (χ0n) is 10.7. The van der Waals surface area contributed by atoms with Crippen LogP contribution in [0.4, 0.5) is 0 Å². The number of alkyl halides is 1. The molecule has 0 aromatic heterocycles. The Morgan fingerprint density at radius 3 is 2.15 bits per heavy atom. The van der Waals surface area contributed by atoms with Crippen LogP contribution in [0.3, 0.4) is 0 Å². The maximum absolute atomic E-state index is 6.61. The van der Waals surface area contributed by atoms with Crippen molar-refractivity contribution in [3.63, 3.8) is 0 Å². The first kappa shape index (κ1) is 16.3. The summed E-state index contributed by atoms with van der Waals surface area (Å²) in [7, 11) is 0. The molecule has 0 N–H and O–H groups in total. The van der Waals surface area contributed by atoms with Gasteiger partial charge in [0, 0.05) is 13.4 Å². The molecular formula is C15H12Br3ClO. The van der Waals surface area contributed by atoms with Crippen LogP contribution in [0.1, 0.15) is 23.4 Å². The van der Waals surface area contributed by atoms with Crippen LogP contribution in [0, 0.1) is 0 Å². The number of hydrogen-bond donors (Lipinski definition) is 0. The molecule has 1 atom stereocenters. The molecule has 0 saturated heterocycles. The molecule has 0 bridgehead atoms. The van der Waals surface area contributed by atoms with E-state index >= 15 is 0 Å². The lowest BCUT2D eigenvalue weighted by atomic mass is 10.0. The van der Waals surface area contributed by atoms with Gasteiger partial charge < -0.3 is 4.74 Å². The van der Waals surface area contributed by atoms with E-state index in [0.29, 0.717) is 6.61 Å². The molecule has 0 aliphatic carbocycles. The van der Waals surface area contributed by atoms with E-state index in [0.717, 1.165) is 30.3 Å². The number of benzene rings is 2. The first-order chi connectivity index (χ1) is 9.52. The summed E-state index contributed by atoms with van der Waals surface area (Å²) in [6.45, 7) is 2.61. The van der Waals surface area contributed by atoms with Crippen LogP contribution in [0.25, 0.3) is 0 Å². The van der Waals surface area contributed by atoms with E-state index in [1.807, 2.05) is 43.3 Å². The van der Waals surface area contributed by atoms with Gasteiger partial charge in [-0.25, -0.2) is 0 Å². The fraction of sp³-hybridized carbons (Fsp3) is 0.200. The van der Waals surface area contributed by atoms with Crippen molar-refractivity contribution in [3.8, 4) is 5.75 Å². The van der Waals surface area contributed by atoms with Gasteiger partial charge in [-0.2, -0.15) is 0 Å². The topological polar surface area (TPSA) is 9.23 Å². The maximum atomic E-state index is 6.61. The van der Waals surface area contributed by atoms with Gasteiger partial charge in [0.2, 0.25) is 0 Å². The Labute approximate surface area is 149 Å². The van der Waals surface area contributed by atoms with E-state index in [9.17, 15) is 0 Å². The molecule has 0 saturated carbocycles. The lowest BCUT2D eigenvalue weighted by Crippen LogP contribution is -1.97. The van der Waals surface area contributed by atoms with Crippen molar-refractivity contribution in [2.75, 3.05) is 6.61 Å². The molecule has 0 fully saturated rings. The highest BCUT2D eigenvalue weighted by atomic mass is 79.9. The summed E-state index contributed by atoms with van der Waals surface area (Å²) in [6, 6.07) is 11.9. The molecule has 0 heterocycles. The van der Waals surface area contributed by atoms with Crippen LogP contribution in [0.15, 0.2) is 49.8 Å². The predicted molar refractivity (Wildman–Crippen MR) is 94.8 cm³/mol. The third-order valence-electron chi connectivity index (χ3n) is 2.79. The summed E-state index contributed by atoms with van der Waals surface area (Å²) < 4.78 is 8.42. The first-order valence-electron chi connectivity index (χ1n) is 6.04. The van der Waals surface area contributed by atoms with E-state index < -0.39 is 0 Å². The van der Waals surface area contributed by atoms with Gasteiger partial charge in [0.25, 0.3) is 0 Å². The second kappa shape index (κ2) is 7.30. The quantitative estimate of drug-likeness (QED) is 0.440. The van der Waals surface area contributed by atoms with Crippen LogP contribution in [0.5, 0.6) is 5.75 Å². The van der Waals surface area contributed by atoms with Crippen molar-refractivity contribution in [1.29, 1.82) is 0 Å². The summed E-state index contributed by atoms with van der Waals surface area (Å²) in [5, 5.41) is -0.234. The monoisotopic (exact) mass is 480 g/mol. The second-order valence-electron chi connectivity index (χ2n) is 4.14. The molecule has 2 aromatic rings. The summed E-state index contributed by atoms with van der Waals surface area (Å²) in [5.74, 6) is 0.835. The van der Waals surface area contributed by atoms with Crippen LogP contribution in [0.2, 0.25) is 0 Å². The van der Waals surface area contributed by atoms with E-state index in [1.165, 1.54) is 0 Å². The SMILES string of the molecule is CCOc1ccc(C(Cl)c2ccc(Br)cc2Br)c(Br)c1. The molecule has 1 unspecified atom stereocenters. The molecule has 106 valence electrons. The number of ether oxygens (including phenoxy) is 1. The third-order valence-corrected chi connectivity index (χ3v) is 5.13. The Balaban J connectivity index is 2.35. The number of hydrogen-bond acceptors (Lipinski definition) is 1. The Morgan fingerprint density at radius 2 is 1.60 bits per heavy atom. The van der Waals surface area contributed by atoms with Gasteiger partial charge in [-0.3, -0.25) is 0 Å². The fourth-order valence-corrected chi connectivity index (χ4v) is 4.35. The molecule has 2 aromatic carbocycles. The number of rotatable bonds is 4. The van der Waals surface area contributed by atoms with Gasteiger partial charge in [0.05, 0.1) is 12.0 Å². The summed E-state index contributed by atoms with van der Waals surface area (Å²) in [4.78, 5) is 0. The van der Waals surface area contributed by atoms with Gasteiger partial charge in [-0.1, -0.05) is 59.9 Å².